The smallest absolute Gasteiger partial charge is 0.275 e. The van der Waals surface area contributed by atoms with Crippen LogP contribution in [0.4, 0.5) is 21.7 Å². The van der Waals surface area contributed by atoms with E-state index in [-0.39, 0.29) is 29.2 Å². The number of anilines is 3. The number of nitrogens with zero attached hydrogens (tertiary/aromatic N) is 17. The van der Waals surface area contributed by atoms with Gasteiger partial charge in [0.1, 0.15) is 28.8 Å². The average Bonchev–Trinajstić information content (AvgIpc) is 3.85. The Balaban J connectivity index is 0.000000156. The zero-order chi connectivity index (χ0) is 45.5. The summed E-state index contributed by atoms with van der Waals surface area (Å²) in [7, 11) is 0. The molecule has 0 bridgehead atoms. The highest BCUT2D eigenvalue weighted by atomic mass is 32.1. The van der Waals surface area contributed by atoms with Crippen LogP contribution < -0.4 is 15.5 Å². The van der Waals surface area contributed by atoms with Gasteiger partial charge >= 0.3 is 0 Å². The van der Waals surface area contributed by atoms with Gasteiger partial charge in [-0.2, -0.15) is 10.2 Å². The van der Waals surface area contributed by atoms with Crippen LogP contribution in [0.15, 0.2) is 60.1 Å². The van der Waals surface area contributed by atoms with Gasteiger partial charge in [0.05, 0.1) is 54.6 Å². The molecule has 8 aromatic heterocycles. The molecule has 2 N–H and O–H groups in total. The third-order valence-electron chi connectivity index (χ3n) is 11.2. The van der Waals surface area contributed by atoms with E-state index in [9.17, 15) is 14.0 Å². The molecule has 0 spiro atoms. The van der Waals surface area contributed by atoms with Crippen molar-refractivity contribution in [3.63, 3.8) is 0 Å². The molecule has 2 amide bonds. The first-order valence-electron chi connectivity index (χ1n) is 21.7. The lowest BCUT2D eigenvalue weighted by Gasteiger charge is -2.21. The molecular weight excluding hydrogens is 886 g/mol. The molecule has 0 atom stereocenters. The molecule has 2 saturated carbocycles. The molecule has 21 nitrogen and oxygen atoms in total. The minimum absolute atomic E-state index is 0.0676. The number of hydrogen-bond acceptors (Lipinski definition) is 17. The van der Waals surface area contributed by atoms with Gasteiger partial charge in [0.15, 0.2) is 10.0 Å². The molecule has 1 aliphatic heterocycles. The van der Waals surface area contributed by atoms with Crippen LogP contribution in [0.25, 0.3) is 43.9 Å². The van der Waals surface area contributed by atoms with Crippen LogP contribution in [-0.2, 0) is 0 Å². The molecule has 8 aromatic rings. The van der Waals surface area contributed by atoms with Gasteiger partial charge in [-0.25, -0.2) is 33.7 Å². The van der Waals surface area contributed by atoms with Crippen molar-refractivity contribution in [2.45, 2.75) is 90.4 Å². The van der Waals surface area contributed by atoms with Gasteiger partial charge in [0.2, 0.25) is 11.6 Å². The SMILES string of the molecule is CC(C)n1nnnc1-c1nc(NC(=O)c2cc(-c3cnn(C4CC4)c3)c(F)cn2)cs1.CC(C)n1nnnc1-c1nc(NC(=O)c2cc(-c3cnn(C4CC4)c3)c(N3CCCC3)cn2)cs1. The highest BCUT2D eigenvalue weighted by Crippen LogP contribution is 2.39. The number of halogens is 1. The van der Waals surface area contributed by atoms with E-state index < -0.39 is 11.7 Å². The van der Waals surface area contributed by atoms with Crippen molar-refractivity contribution in [3.05, 3.63) is 77.3 Å². The number of rotatable bonds is 13. The summed E-state index contributed by atoms with van der Waals surface area (Å²) in [4.78, 5) is 45.5. The number of amides is 2. The Morgan fingerprint density at radius 2 is 1.17 bits per heavy atom. The van der Waals surface area contributed by atoms with Crippen LogP contribution in [0, 0.1) is 5.82 Å². The maximum Gasteiger partial charge on any atom is 0.275 e. The summed E-state index contributed by atoms with van der Waals surface area (Å²) in [5, 5.41) is 42.6. The second-order valence-corrected chi connectivity index (χ2v) is 18.5. The number of hydrogen-bond donors (Lipinski definition) is 2. The molecule has 0 unspecified atom stereocenters. The number of nitrogens with one attached hydrogen (secondary N) is 2. The summed E-state index contributed by atoms with van der Waals surface area (Å²) in [6.07, 6.45) is 17.0. The Labute approximate surface area is 384 Å². The molecule has 338 valence electrons. The second-order valence-electron chi connectivity index (χ2n) is 16.8. The maximum atomic E-state index is 14.4. The van der Waals surface area contributed by atoms with Crippen LogP contribution in [-0.4, -0.2) is 105 Å². The van der Waals surface area contributed by atoms with E-state index in [4.69, 9.17) is 0 Å². The van der Waals surface area contributed by atoms with Crippen LogP contribution in [0.1, 0.15) is 111 Å². The van der Waals surface area contributed by atoms with Gasteiger partial charge in [-0.05, 0) is 99.2 Å². The van der Waals surface area contributed by atoms with Gasteiger partial charge in [-0.1, -0.05) is 0 Å². The van der Waals surface area contributed by atoms with E-state index in [0.29, 0.717) is 56.6 Å². The Bertz CT molecular complexity index is 3020. The van der Waals surface area contributed by atoms with Crippen molar-refractivity contribution in [1.29, 1.82) is 0 Å². The lowest BCUT2D eigenvalue weighted by molar-refractivity contribution is 0.101. The molecule has 9 heterocycles. The van der Waals surface area contributed by atoms with Crippen molar-refractivity contribution in [2.24, 2.45) is 0 Å². The summed E-state index contributed by atoms with van der Waals surface area (Å²) >= 11 is 2.69. The molecule has 11 rings (SSSR count). The first-order chi connectivity index (χ1) is 32.1. The fourth-order valence-corrected chi connectivity index (χ4v) is 8.87. The zero-order valence-electron chi connectivity index (χ0n) is 36.4. The molecule has 24 heteroatoms. The minimum atomic E-state index is -0.511. The Hall–Kier alpha value is -7.21. The third-order valence-corrected chi connectivity index (χ3v) is 12.8. The van der Waals surface area contributed by atoms with Crippen LogP contribution in [0.3, 0.4) is 0 Å². The summed E-state index contributed by atoms with van der Waals surface area (Å²) < 4.78 is 21.6. The topological polar surface area (TPSA) is 236 Å². The predicted molar refractivity (Wildman–Crippen MR) is 243 cm³/mol. The lowest BCUT2D eigenvalue weighted by atomic mass is 10.1. The number of carbonyl (C=O) groups excluding carboxylic acids is 2. The van der Waals surface area contributed by atoms with Gasteiger partial charge in [-0.15, -0.1) is 32.9 Å². The Morgan fingerprint density at radius 1 is 0.682 bits per heavy atom. The Morgan fingerprint density at radius 3 is 1.67 bits per heavy atom. The average molecular weight is 930 g/mol. The highest BCUT2D eigenvalue weighted by molar-refractivity contribution is 7.13. The molecular formula is C42H44FN19O2S2. The van der Waals surface area contributed by atoms with E-state index >= 15 is 0 Å². The summed E-state index contributed by atoms with van der Waals surface area (Å²) in [6.45, 7) is 9.91. The maximum absolute atomic E-state index is 14.4. The summed E-state index contributed by atoms with van der Waals surface area (Å²) in [5.74, 6) is 0.580. The fourth-order valence-electron chi connectivity index (χ4n) is 7.42. The van der Waals surface area contributed by atoms with Crippen molar-refractivity contribution < 1.29 is 14.0 Å². The normalized spacial score (nSPS) is 14.8. The summed E-state index contributed by atoms with van der Waals surface area (Å²) in [6, 6.07) is 4.34. The van der Waals surface area contributed by atoms with Gasteiger partial charge in [0, 0.05) is 58.5 Å². The zero-order valence-corrected chi connectivity index (χ0v) is 38.0. The van der Waals surface area contributed by atoms with Gasteiger partial charge in [-0.3, -0.25) is 19.0 Å². The molecule has 0 aromatic carbocycles. The number of aromatic nitrogens is 16. The molecule has 2 aliphatic carbocycles. The Kier molecular flexibility index (Phi) is 11.6. The first kappa shape index (κ1) is 42.7. The number of carbonyl (C=O) groups is 2. The molecule has 66 heavy (non-hydrogen) atoms. The molecule has 3 fully saturated rings. The van der Waals surface area contributed by atoms with Gasteiger partial charge in [0.25, 0.3) is 11.8 Å². The predicted octanol–water partition coefficient (Wildman–Crippen LogP) is 7.19. The second kappa shape index (κ2) is 18.0. The number of pyridine rings is 2. The van der Waals surface area contributed by atoms with E-state index in [1.54, 1.807) is 32.5 Å². The molecule has 3 aliphatic rings. The largest absolute Gasteiger partial charge is 0.370 e. The van der Waals surface area contributed by atoms with Gasteiger partial charge < -0.3 is 15.5 Å². The lowest BCUT2D eigenvalue weighted by Crippen LogP contribution is -2.20. The van der Waals surface area contributed by atoms with Crippen molar-refractivity contribution in [1.82, 2.24) is 79.9 Å². The molecule has 0 radical (unpaired) electrons. The minimum Gasteiger partial charge on any atom is -0.370 e. The van der Waals surface area contributed by atoms with Crippen LogP contribution in [0.5, 0.6) is 0 Å². The van der Waals surface area contributed by atoms with E-state index in [1.807, 2.05) is 55.5 Å². The van der Waals surface area contributed by atoms with E-state index in [1.165, 1.54) is 41.6 Å². The van der Waals surface area contributed by atoms with E-state index in [2.05, 4.69) is 82.9 Å². The quantitative estimate of drug-likeness (QED) is 0.116. The highest BCUT2D eigenvalue weighted by Gasteiger charge is 2.28. The fraction of sp³-hybridized carbons (Fsp3) is 0.381. The van der Waals surface area contributed by atoms with E-state index in [0.717, 1.165) is 61.8 Å². The van der Waals surface area contributed by atoms with Crippen LogP contribution in [0.2, 0.25) is 0 Å². The monoisotopic (exact) mass is 929 g/mol. The van der Waals surface area contributed by atoms with Crippen molar-refractivity contribution in [2.75, 3.05) is 28.6 Å². The summed E-state index contributed by atoms with van der Waals surface area (Å²) in [5.41, 5.74) is 4.34. The molecule has 1 saturated heterocycles. The standard InChI is InChI=1S/C23H26N10OS.C19H18FN9OS/c1-14(2)33-21(28-29-30-33)23-27-20(13-35-23)26-22(34)18-9-17(15-10-25-32(12-15)16-5-6-16)19(11-24-18)31-7-3-4-8-31;1-10(2)29-17(25-26-27-29)19-24-16(9-31-19)23-18(30)15-5-13(14(20)7-21-15)11-6-22-28(8-11)12-3-4-12/h9-14,16H,3-8H2,1-2H3,(H,26,34);5-10,12H,3-4H2,1-2H3,(H,23,30). The van der Waals surface area contributed by atoms with Crippen molar-refractivity contribution in [3.8, 4) is 43.9 Å². The third kappa shape index (κ3) is 9.05. The van der Waals surface area contributed by atoms with Crippen LogP contribution >= 0.6 is 22.7 Å². The number of tetrazole rings is 2. The van der Waals surface area contributed by atoms with Crippen molar-refractivity contribution >= 4 is 51.8 Å². The number of thiazole rings is 2. The first-order valence-corrected chi connectivity index (χ1v) is 23.4.